The molecule has 0 radical (unpaired) electrons. The summed E-state index contributed by atoms with van der Waals surface area (Å²) in [7, 11) is 1.85. The SMILES string of the molecule is CN(Cc1ccc(Br)s1)CN1C(=O)C(=O)c2ccc(F)cc21. The quantitative estimate of drug-likeness (QED) is 0.761. The zero-order valence-electron chi connectivity index (χ0n) is 11.7. The number of Topliss-reactive ketones (excluding diaryl/α,β-unsaturated/α-hetero) is 1. The van der Waals surface area contributed by atoms with E-state index in [1.807, 2.05) is 24.1 Å². The Bertz CT molecular complexity index is 762. The number of hydrogen-bond donors (Lipinski definition) is 0. The highest BCUT2D eigenvalue weighted by Crippen LogP contribution is 2.30. The first-order valence-corrected chi connectivity index (χ1v) is 8.15. The van der Waals surface area contributed by atoms with Crippen molar-refractivity contribution in [2.75, 3.05) is 18.6 Å². The molecule has 1 aromatic heterocycles. The van der Waals surface area contributed by atoms with Gasteiger partial charge in [-0.25, -0.2) is 4.39 Å². The highest BCUT2D eigenvalue weighted by Gasteiger charge is 2.36. The van der Waals surface area contributed by atoms with E-state index in [0.717, 1.165) is 8.66 Å². The molecule has 0 spiro atoms. The Morgan fingerprint density at radius 2 is 2.05 bits per heavy atom. The first kappa shape index (κ1) is 15.3. The van der Waals surface area contributed by atoms with E-state index in [1.54, 1.807) is 11.3 Å². The van der Waals surface area contributed by atoms with E-state index in [1.165, 1.54) is 23.1 Å². The summed E-state index contributed by atoms with van der Waals surface area (Å²) in [6.45, 7) is 0.870. The van der Waals surface area contributed by atoms with Crippen molar-refractivity contribution in [1.29, 1.82) is 0 Å². The van der Waals surface area contributed by atoms with Gasteiger partial charge in [0.05, 0.1) is 21.7 Å². The number of ketones is 1. The maximum absolute atomic E-state index is 13.4. The zero-order chi connectivity index (χ0) is 15.9. The predicted molar refractivity (Wildman–Crippen MR) is 86.6 cm³/mol. The van der Waals surface area contributed by atoms with Crippen LogP contribution in [0.15, 0.2) is 34.1 Å². The number of benzene rings is 1. The van der Waals surface area contributed by atoms with Crippen LogP contribution < -0.4 is 4.90 Å². The molecular formula is C15H12BrFN2O2S. The molecule has 7 heteroatoms. The number of fused-ring (bicyclic) bond motifs is 1. The molecule has 0 N–H and O–H groups in total. The van der Waals surface area contributed by atoms with Crippen LogP contribution in [0.5, 0.6) is 0 Å². The van der Waals surface area contributed by atoms with Crippen molar-refractivity contribution in [3.63, 3.8) is 0 Å². The summed E-state index contributed by atoms with van der Waals surface area (Å²) in [5.41, 5.74) is 0.605. The molecule has 22 heavy (non-hydrogen) atoms. The number of carbonyl (C=O) groups excluding carboxylic acids is 2. The van der Waals surface area contributed by atoms with Crippen LogP contribution in [0.25, 0.3) is 0 Å². The topological polar surface area (TPSA) is 40.6 Å². The number of rotatable bonds is 4. The van der Waals surface area contributed by atoms with Gasteiger partial charge >= 0.3 is 5.91 Å². The molecule has 114 valence electrons. The maximum atomic E-state index is 13.4. The highest BCUT2D eigenvalue weighted by molar-refractivity contribution is 9.11. The third kappa shape index (κ3) is 2.84. The molecule has 0 saturated heterocycles. The smallest absolute Gasteiger partial charge is 0.291 e. The van der Waals surface area contributed by atoms with Gasteiger partial charge in [-0.15, -0.1) is 11.3 Å². The Morgan fingerprint density at radius 3 is 2.73 bits per heavy atom. The van der Waals surface area contributed by atoms with Crippen LogP contribution in [0.4, 0.5) is 10.1 Å². The summed E-state index contributed by atoms with van der Waals surface area (Å²) in [6.07, 6.45) is 0. The summed E-state index contributed by atoms with van der Waals surface area (Å²) in [4.78, 5) is 28.4. The molecule has 0 atom stereocenters. The minimum atomic E-state index is -0.611. The van der Waals surface area contributed by atoms with Crippen molar-refractivity contribution >= 4 is 44.6 Å². The van der Waals surface area contributed by atoms with Gasteiger partial charge in [-0.3, -0.25) is 19.4 Å². The molecule has 2 aromatic rings. The van der Waals surface area contributed by atoms with E-state index in [0.29, 0.717) is 12.2 Å². The van der Waals surface area contributed by atoms with Gasteiger partial charge in [0.1, 0.15) is 5.82 Å². The van der Waals surface area contributed by atoms with Crippen molar-refractivity contribution in [2.45, 2.75) is 6.54 Å². The second-order valence-corrected chi connectivity index (χ2v) is 7.63. The van der Waals surface area contributed by atoms with Crippen molar-refractivity contribution in [2.24, 2.45) is 0 Å². The van der Waals surface area contributed by atoms with E-state index in [4.69, 9.17) is 0 Å². The second kappa shape index (κ2) is 5.91. The van der Waals surface area contributed by atoms with E-state index in [9.17, 15) is 14.0 Å². The number of nitrogens with zero attached hydrogens (tertiary/aromatic N) is 2. The molecule has 0 fully saturated rings. The van der Waals surface area contributed by atoms with E-state index < -0.39 is 17.5 Å². The molecule has 0 saturated carbocycles. The van der Waals surface area contributed by atoms with Crippen molar-refractivity contribution < 1.29 is 14.0 Å². The maximum Gasteiger partial charge on any atom is 0.300 e. The summed E-state index contributed by atoms with van der Waals surface area (Å²) in [5.74, 6) is -1.65. The number of carbonyl (C=O) groups is 2. The summed E-state index contributed by atoms with van der Waals surface area (Å²) < 4.78 is 14.4. The Hall–Kier alpha value is -1.57. The molecule has 4 nitrogen and oxygen atoms in total. The molecule has 0 aliphatic carbocycles. The van der Waals surface area contributed by atoms with Gasteiger partial charge < -0.3 is 0 Å². The summed E-state index contributed by atoms with van der Waals surface area (Å²) >= 11 is 5.01. The summed E-state index contributed by atoms with van der Waals surface area (Å²) in [5, 5.41) is 0. The van der Waals surface area contributed by atoms with Gasteiger partial charge in [-0.1, -0.05) is 0 Å². The first-order valence-electron chi connectivity index (χ1n) is 6.54. The van der Waals surface area contributed by atoms with Crippen LogP contribution in [-0.2, 0) is 11.3 Å². The lowest BCUT2D eigenvalue weighted by Gasteiger charge is -2.23. The fourth-order valence-electron chi connectivity index (χ4n) is 2.40. The fourth-order valence-corrected chi connectivity index (χ4v) is 3.97. The molecule has 1 aromatic carbocycles. The standard InChI is InChI=1S/C15H12BrFN2O2S/c1-18(7-10-3-5-13(16)22-10)8-19-12-6-9(17)2-4-11(12)14(20)15(19)21/h2-6H,7-8H2,1H3. The number of thiophene rings is 1. The third-order valence-corrected chi connectivity index (χ3v) is 4.98. The molecular weight excluding hydrogens is 371 g/mol. The Balaban J connectivity index is 1.79. The number of anilines is 1. The monoisotopic (exact) mass is 382 g/mol. The number of halogens is 2. The van der Waals surface area contributed by atoms with Crippen molar-refractivity contribution in [3.8, 4) is 0 Å². The Kier molecular flexibility index (Phi) is 4.12. The predicted octanol–water partition coefficient (Wildman–Crippen LogP) is 3.27. The van der Waals surface area contributed by atoms with Gasteiger partial charge in [-0.2, -0.15) is 0 Å². The molecule has 2 heterocycles. The molecule has 0 bridgehead atoms. The average Bonchev–Trinajstić information content (AvgIpc) is 2.96. The van der Waals surface area contributed by atoms with E-state index in [-0.39, 0.29) is 12.2 Å². The molecule has 1 aliphatic rings. The fraction of sp³-hybridized carbons (Fsp3) is 0.200. The van der Waals surface area contributed by atoms with Gasteiger partial charge in [0.2, 0.25) is 0 Å². The van der Waals surface area contributed by atoms with Gasteiger partial charge in [0, 0.05) is 11.4 Å². The number of hydrogen-bond acceptors (Lipinski definition) is 4. The van der Waals surface area contributed by atoms with Gasteiger partial charge in [0.15, 0.2) is 0 Å². The van der Waals surface area contributed by atoms with Crippen LogP contribution in [-0.4, -0.2) is 30.3 Å². The first-order chi connectivity index (χ1) is 10.5. The van der Waals surface area contributed by atoms with Crippen molar-refractivity contribution in [3.05, 3.63) is 50.4 Å². The molecule has 3 rings (SSSR count). The van der Waals surface area contributed by atoms with Crippen LogP contribution >= 0.6 is 27.3 Å². The summed E-state index contributed by atoms with van der Waals surface area (Å²) in [6, 6.07) is 7.74. The molecule has 1 amide bonds. The third-order valence-electron chi connectivity index (χ3n) is 3.37. The van der Waals surface area contributed by atoms with E-state index >= 15 is 0 Å². The van der Waals surface area contributed by atoms with E-state index in [2.05, 4.69) is 15.9 Å². The molecule has 1 aliphatic heterocycles. The Labute approximate surface area is 139 Å². The average molecular weight is 383 g/mol. The van der Waals surface area contributed by atoms with Crippen molar-refractivity contribution in [1.82, 2.24) is 4.90 Å². The zero-order valence-corrected chi connectivity index (χ0v) is 14.1. The van der Waals surface area contributed by atoms with Crippen LogP contribution in [0.2, 0.25) is 0 Å². The second-order valence-electron chi connectivity index (χ2n) is 5.09. The highest BCUT2D eigenvalue weighted by atomic mass is 79.9. The van der Waals surface area contributed by atoms with Crippen LogP contribution in [0.3, 0.4) is 0 Å². The Morgan fingerprint density at radius 1 is 1.27 bits per heavy atom. The minimum absolute atomic E-state index is 0.233. The lowest BCUT2D eigenvalue weighted by Crippen LogP contribution is -2.38. The normalized spacial score (nSPS) is 14.1. The lowest BCUT2D eigenvalue weighted by atomic mass is 10.1. The van der Waals surface area contributed by atoms with Gasteiger partial charge in [-0.05, 0) is 53.3 Å². The van der Waals surface area contributed by atoms with Crippen LogP contribution in [0, 0.1) is 5.82 Å². The molecule has 0 unspecified atom stereocenters. The van der Waals surface area contributed by atoms with Gasteiger partial charge in [0.25, 0.3) is 5.78 Å². The van der Waals surface area contributed by atoms with Crippen LogP contribution in [0.1, 0.15) is 15.2 Å². The number of amides is 1. The largest absolute Gasteiger partial charge is 0.300 e. The minimum Gasteiger partial charge on any atom is -0.291 e. The lowest BCUT2D eigenvalue weighted by molar-refractivity contribution is -0.114.